The zero-order valence-electron chi connectivity index (χ0n) is 18.3. The van der Waals surface area contributed by atoms with Crippen LogP contribution in [0.2, 0.25) is 0 Å². The van der Waals surface area contributed by atoms with Crippen molar-refractivity contribution in [3.8, 4) is 0 Å². The Labute approximate surface area is 193 Å². The van der Waals surface area contributed by atoms with Gasteiger partial charge in [0.2, 0.25) is 0 Å². The van der Waals surface area contributed by atoms with Crippen LogP contribution in [-0.2, 0) is 0 Å². The van der Waals surface area contributed by atoms with Gasteiger partial charge >= 0.3 is 0 Å². The first-order chi connectivity index (χ1) is 15.4. The fraction of sp³-hybridized carbons (Fsp3) is 0.250. The fourth-order valence-corrected chi connectivity index (χ4v) is 4.44. The van der Waals surface area contributed by atoms with Gasteiger partial charge in [-0.25, -0.2) is 18.6 Å². The summed E-state index contributed by atoms with van der Waals surface area (Å²) < 4.78 is 34.0. The van der Waals surface area contributed by atoms with E-state index in [9.17, 15) is 9.59 Å². The highest BCUT2D eigenvalue weighted by Gasteiger charge is 2.50. The molecule has 3 heterocycles. The smallest absolute Gasteiger partial charge is 0.261 e. The van der Waals surface area contributed by atoms with Crippen molar-refractivity contribution in [1.82, 2.24) is 9.80 Å². The Morgan fingerprint density at radius 1 is 1.03 bits per heavy atom. The molecule has 1 saturated heterocycles. The van der Waals surface area contributed by atoms with Crippen molar-refractivity contribution in [3.63, 3.8) is 0 Å². The van der Waals surface area contributed by atoms with Crippen molar-refractivity contribution in [3.05, 3.63) is 93.9 Å². The lowest BCUT2D eigenvalue weighted by atomic mass is 9.80. The Hall–Kier alpha value is -3.10. The molecule has 0 spiro atoms. The number of benzene rings is 1. The van der Waals surface area contributed by atoms with Crippen molar-refractivity contribution in [2.45, 2.75) is 20.8 Å². The lowest BCUT2D eigenvalue weighted by Gasteiger charge is -2.25. The van der Waals surface area contributed by atoms with Gasteiger partial charge in [-0.1, -0.05) is 23.8 Å². The van der Waals surface area contributed by atoms with E-state index in [1.807, 2.05) is 6.08 Å². The van der Waals surface area contributed by atoms with Crippen LogP contribution in [0.4, 0.5) is 0 Å². The van der Waals surface area contributed by atoms with E-state index in [0.717, 1.165) is 23.4 Å². The molecule has 1 fully saturated rings. The summed E-state index contributed by atoms with van der Waals surface area (Å²) in [7, 11) is -4.94. The zero-order valence-corrected chi connectivity index (χ0v) is 19.0. The molecule has 0 N–H and O–H groups in total. The fourth-order valence-electron chi connectivity index (χ4n) is 4.44. The van der Waals surface area contributed by atoms with Crippen LogP contribution in [0.1, 0.15) is 41.5 Å². The molecule has 2 amide bonds. The largest absolute Gasteiger partial charge is 0.288 e. The molecular formula is C24H21ClN2O6. The van der Waals surface area contributed by atoms with Crippen LogP contribution >= 0.6 is 0 Å². The Bertz CT molecular complexity index is 1160. The molecule has 3 aliphatic heterocycles. The highest BCUT2D eigenvalue weighted by molar-refractivity contribution is 6.21. The highest BCUT2D eigenvalue weighted by atomic mass is 35.7. The molecule has 0 atom stereocenters. The summed E-state index contributed by atoms with van der Waals surface area (Å²) in [6.07, 6.45) is 12.1. The number of imide groups is 1. The van der Waals surface area contributed by atoms with E-state index in [4.69, 9.17) is 18.6 Å². The Kier molecular flexibility index (Phi) is 5.62. The summed E-state index contributed by atoms with van der Waals surface area (Å²) in [4.78, 5) is 29.0. The second-order valence-electron chi connectivity index (χ2n) is 8.58. The van der Waals surface area contributed by atoms with Crippen molar-refractivity contribution in [1.29, 1.82) is 0 Å². The molecule has 5 rings (SSSR count). The minimum atomic E-state index is -4.94. The maximum absolute atomic E-state index is 12.7. The monoisotopic (exact) mass is 468 g/mol. The molecule has 9 heteroatoms. The number of nitrogens with zero attached hydrogens (tertiary/aromatic N) is 2. The van der Waals surface area contributed by atoms with Gasteiger partial charge in [0.05, 0.1) is 47.9 Å². The highest BCUT2D eigenvalue weighted by Crippen LogP contribution is 2.52. The molecule has 0 unspecified atom stereocenters. The number of fused-ring (bicyclic) bond motifs is 4. The number of allylic oxidation sites excluding steroid dienone is 6. The van der Waals surface area contributed by atoms with Gasteiger partial charge in [-0.15, -0.1) is 10.2 Å². The maximum atomic E-state index is 12.7. The predicted molar refractivity (Wildman–Crippen MR) is 107 cm³/mol. The number of amides is 2. The van der Waals surface area contributed by atoms with E-state index in [1.165, 1.54) is 16.2 Å². The number of carbonyl (C=O) groups excluding carboxylic acids is 2. The van der Waals surface area contributed by atoms with Crippen LogP contribution in [0.25, 0.3) is 0 Å². The van der Waals surface area contributed by atoms with Gasteiger partial charge in [-0.2, -0.15) is 0 Å². The minimum absolute atomic E-state index is 0.164. The minimum Gasteiger partial charge on any atom is -0.288 e. The van der Waals surface area contributed by atoms with E-state index in [1.54, 1.807) is 24.3 Å². The molecule has 170 valence electrons. The molecule has 0 aromatic heterocycles. The van der Waals surface area contributed by atoms with Crippen molar-refractivity contribution < 1.29 is 38.5 Å². The van der Waals surface area contributed by atoms with Crippen LogP contribution in [0.15, 0.2) is 76.7 Å². The van der Waals surface area contributed by atoms with Crippen LogP contribution in [0.3, 0.4) is 0 Å². The summed E-state index contributed by atoms with van der Waals surface area (Å²) >= 11 is 0. The van der Waals surface area contributed by atoms with Crippen LogP contribution in [0.5, 0.6) is 0 Å². The third-order valence-electron chi connectivity index (χ3n) is 6.00. The predicted octanol–water partition coefficient (Wildman–Crippen LogP) is -0.734. The molecule has 0 saturated carbocycles. The van der Waals surface area contributed by atoms with E-state index in [2.05, 4.69) is 50.0 Å². The summed E-state index contributed by atoms with van der Waals surface area (Å²) in [5.74, 6) is -0.456. The molecule has 1 aromatic carbocycles. The molecule has 33 heavy (non-hydrogen) atoms. The Morgan fingerprint density at radius 3 is 2.18 bits per heavy atom. The number of hydrogen-bond acceptors (Lipinski definition) is 7. The first kappa shape index (κ1) is 23.1. The SMILES string of the molecule is CC1=CCN2C3=CC=C(CN4C(=O)c5ccccc5C4=O)[C+]=C3C(C)(C)C2=C1.[O-][Cl+3]([O-])([O-])[O-]. The lowest BCUT2D eigenvalue weighted by Crippen LogP contribution is -2.68. The zero-order chi connectivity index (χ0) is 24.1. The van der Waals surface area contributed by atoms with Crippen molar-refractivity contribution >= 4 is 11.8 Å². The van der Waals surface area contributed by atoms with E-state index < -0.39 is 10.2 Å². The average Bonchev–Trinajstić information content (AvgIpc) is 3.10. The summed E-state index contributed by atoms with van der Waals surface area (Å²) in [5, 5.41) is 0. The third-order valence-corrected chi connectivity index (χ3v) is 6.00. The number of hydrogen-bond donors (Lipinski definition) is 0. The molecule has 1 aromatic rings. The molecule has 0 radical (unpaired) electrons. The molecule has 0 bridgehead atoms. The van der Waals surface area contributed by atoms with Crippen LogP contribution < -0.4 is 18.6 Å². The third kappa shape index (κ3) is 4.28. The molecule has 1 aliphatic carbocycles. The number of carbonyl (C=O) groups is 2. The second-order valence-corrected chi connectivity index (χ2v) is 9.33. The van der Waals surface area contributed by atoms with Crippen molar-refractivity contribution in [2.75, 3.05) is 13.1 Å². The van der Waals surface area contributed by atoms with Gasteiger partial charge in [0.1, 0.15) is 5.57 Å². The first-order valence-corrected chi connectivity index (χ1v) is 11.4. The summed E-state index contributed by atoms with van der Waals surface area (Å²) in [6.45, 7) is 7.64. The van der Waals surface area contributed by atoms with Crippen LogP contribution in [0, 0.1) is 21.7 Å². The van der Waals surface area contributed by atoms with Gasteiger partial charge < -0.3 is 0 Å². The Balaban J connectivity index is 0.000000471. The lowest BCUT2D eigenvalue weighted by molar-refractivity contribution is -2.00. The van der Waals surface area contributed by atoms with E-state index in [-0.39, 0.29) is 23.8 Å². The summed E-state index contributed by atoms with van der Waals surface area (Å²) in [6, 6.07) is 7.00. The van der Waals surface area contributed by atoms with Gasteiger partial charge in [0, 0.05) is 5.70 Å². The molecule has 4 aliphatic rings. The normalized spacial score (nSPS) is 20.3. The van der Waals surface area contributed by atoms with Gasteiger partial charge in [-0.05, 0) is 39.0 Å². The van der Waals surface area contributed by atoms with E-state index >= 15 is 0 Å². The molecule has 8 nitrogen and oxygen atoms in total. The number of rotatable bonds is 2. The average molecular weight is 469 g/mol. The maximum Gasteiger partial charge on any atom is 0.261 e. The summed E-state index contributed by atoms with van der Waals surface area (Å²) in [5.41, 5.74) is 6.49. The van der Waals surface area contributed by atoms with Gasteiger partial charge in [0.25, 0.3) is 11.8 Å². The van der Waals surface area contributed by atoms with Crippen molar-refractivity contribution in [2.24, 2.45) is 5.41 Å². The molecular weight excluding hydrogens is 448 g/mol. The Morgan fingerprint density at radius 2 is 1.61 bits per heavy atom. The first-order valence-electron chi connectivity index (χ1n) is 10.2. The second kappa shape index (κ2) is 8.04. The number of halogens is 1. The quantitative estimate of drug-likeness (QED) is 0.412. The topological polar surface area (TPSA) is 133 Å². The standard InChI is InChI=1S/C24H21N2O2.ClHO4/c1-15-10-11-25-20-9-8-16(13-19(20)24(2,3)21(25)12-15)14-26-22(27)17-6-4-5-7-18(17)23(26)28;2-1(3,4)5/h4-10,12H,11,14H2,1-3H3;(H,2,3,4,5)/q+1;/p-1. The van der Waals surface area contributed by atoms with Gasteiger partial charge in [0.15, 0.2) is 11.3 Å². The van der Waals surface area contributed by atoms with Crippen LogP contribution in [-0.4, -0.2) is 34.7 Å². The van der Waals surface area contributed by atoms with Gasteiger partial charge in [-0.3, -0.25) is 19.4 Å². The van der Waals surface area contributed by atoms with E-state index in [0.29, 0.717) is 11.1 Å².